The Morgan fingerprint density at radius 1 is 1.08 bits per heavy atom. The van der Waals surface area contributed by atoms with E-state index >= 15 is 0 Å². The molecule has 0 heterocycles. The Bertz CT molecular complexity index is 788. The van der Waals surface area contributed by atoms with Gasteiger partial charge in [-0.3, -0.25) is 9.59 Å². The average Bonchev–Trinajstić information content (AvgIpc) is 2.55. The summed E-state index contributed by atoms with van der Waals surface area (Å²) in [6, 6.07) is 10.4. The molecular formula is C18H17F3N2O2. The summed E-state index contributed by atoms with van der Waals surface area (Å²) in [5, 5.41) is 2.31. The largest absolute Gasteiger partial charge is 0.417 e. The van der Waals surface area contributed by atoms with E-state index in [0.717, 1.165) is 23.3 Å². The molecule has 0 spiro atoms. The van der Waals surface area contributed by atoms with E-state index in [9.17, 15) is 22.8 Å². The molecule has 0 aromatic heterocycles. The van der Waals surface area contributed by atoms with Crippen molar-refractivity contribution in [3.05, 3.63) is 70.8 Å². The lowest BCUT2D eigenvalue weighted by Crippen LogP contribution is -2.46. The molecule has 2 rings (SSSR count). The number of amides is 2. The number of benzene rings is 2. The zero-order chi connectivity index (χ0) is 18.6. The van der Waals surface area contributed by atoms with Crippen molar-refractivity contribution in [2.24, 2.45) is 5.73 Å². The number of halogens is 3. The third-order valence-electron chi connectivity index (χ3n) is 3.81. The van der Waals surface area contributed by atoms with Crippen LogP contribution in [0.1, 0.15) is 27.0 Å². The fourth-order valence-corrected chi connectivity index (χ4v) is 2.45. The molecular weight excluding hydrogens is 333 g/mol. The highest BCUT2D eigenvalue weighted by Gasteiger charge is 2.35. The molecule has 0 unspecified atom stereocenters. The lowest BCUT2D eigenvalue weighted by molar-refractivity contribution is -0.137. The fraction of sp³-hybridized carbons (Fsp3) is 0.222. The maximum atomic E-state index is 13.0. The van der Waals surface area contributed by atoms with E-state index in [0.29, 0.717) is 0 Å². The third-order valence-corrected chi connectivity index (χ3v) is 3.81. The van der Waals surface area contributed by atoms with Gasteiger partial charge in [-0.15, -0.1) is 0 Å². The van der Waals surface area contributed by atoms with Crippen LogP contribution in [0.3, 0.4) is 0 Å². The van der Waals surface area contributed by atoms with Crippen LogP contribution in [0.4, 0.5) is 13.2 Å². The van der Waals surface area contributed by atoms with Gasteiger partial charge in [0.1, 0.15) is 6.04 Å². The van der Waals surface area contributed by atoms with Crippen LogP contribution in [0.15, 0.2) is 48.5 Å². The summed E-state index contributed by atoms with van der Waals surface area (Å²) in [5.41, 5.74) is 5.36. The minimum Gasteiger partial charge on any atom is -0.368 e. The van der Waals surface area contributed by atoms with Gasteiger partial charge in [-0.05, 0) is 30.2 Å². The first-order valence-corrected chi connectivity index (χ1v) is 7.51. The highest BCUT2D eigenvalue weighted by molar-refractivity contribution is 5.98. The van der Waals surface area contributed by atoms with E-state index in [1.807, 2.05) is 19.1 Å². The lowest BCUT2D eigenvalue weighted by Gasteiger charge is -2.18. The van der Waals surface area contributed by atoms with Gasteiger partial charge in [0.25, 0.3) is 5.91 Å². The molecule has 25 heavy (non-hydrogen) atoms. The van der Waals surface area contributed by atoms with Crippen LogP contribution in [-0.4, -0.2) is 17.9 Å². The van der Waals surface area contributed by atoms with Crippen LogP contribution >= 0.6 is 0 Å². The summed E-state index contributed by atoms with van der Waals surface area (Å²) in [5.74, 6) is -1.81. The first kappa shape index (κ1) is 18.5. The summed E-state index contributed by atoms with van der Waals surface area (Å²) < 4.78 is 39.1. The molecule has 2 amide bonds. The van der Waals surface area contributed by atoms with Crippen molar-refractivity contribution in [2.45, 2.75) is 25.6 Å². The van der Waals surface area contributed by atoms with Crippen molar-refractivity contribution in [3.8, 4) is 0 Å². The number of hydrogen-bond acceptors (Lipinski definition) is 2. The predicted octanol–water partition coefficient (Wildman–Crippen LogP) is 2.84. The van der Waals surface area contributed by atoms with Crippen molar-refractivity contribution in [1.29, 1.82) is 0 Å². The normalized spacial score (nSPS) is 12.5. The minimum atomic E-state index is -4.67. The summed E-state index contributed by atoms with van der Waals surface area (Å²) in [7, 11) is 0. The summed E-state index contributed by atoms with van der Waals surface area (Å²) >= 11 is 0. The molecule has 2 aromatic rings. The van der Waals surface area contributed by atoms with Gasteiger partial charge in [0.05, 0.1) is 11.1 Å². The lowest BCUT2D eigenvalue weighted by atomic mass is 10.00. The number of rotatable bonds is 5. The standard InChI is InChI=1S/C18H17F3N2O2/c1-11-6-2-3-7-12(11)10-15(16(22)24)23-17(25)13-8-4-5-9-14(13)18(19,20)21/h2-9,15H,10H2,1H3,(H2,22,24)(H,23,25)/t15-/m0/s1. The van der Waals surface area contributed by atoms with Crippen LogP contribution in [0.2, 0.25) is 0 Å². The smallest absolute Gasteiger partial charge is 0.368 e. The van der Waals surface area contributed by atoms with E-state index in [2.05, 4.69) is 5.32 Å². The highest BCUT2D eigenvalue weighted by atomic mass is 19.4. The van der Waals surface area contributed by atoms with E-state index in [-0.39, 0.29) is 6.42 Å². The van der Waals surface area contributed by atoms with Gasteiger partial charge < -0.3 is 11.1 Å². The number of nitrogens with one attached hydrogen (secondary N) is 1. The molecule has 2 aromatic carbocycles. The van der Waals surface area contributed by atoms with E-state index in [4.69, 9.17) is 5.73 Å². The van der Waals surface area contributed by atoms with Gasteiger partial charge in [-0.25, -0.2) is 0 Å². The monoisotopic (exact) mass is 350 g/mol. The zero-order valence-corrected chi connectivity index (χ0v) is 13.4. The topological polar surface area (TPSA) is 72.2 Å². The Kier molecular flexibility index (Phi) is 5.46. The van der Waals surface area contributed by atoms with Crippen molar-refractivity contribution < 1.29 is 22.8 Å². The van der Waals surface area contributed by atoms with E-state index in [1.165, 1.54) is 12.1 Å². The van der Waals surface area contributed by atoms with Gasteiger partial charge in [0, 0.05) is 6.42 Å². The number of primary amides is 1. The predicted molar refractivity (Wildman–Crippen MR) is 86.8 cm³/mol. The Morgan fingerprint density at radius 3 is 2.28 bits per heavy atom. The van der Waals surface area contributed by atoms with Gasteiger partial charge in [-0.2, -0.15) is 13.2 Å². The minimum absolute atomic E-state index is 0.0991. The summed E-state index contributed by atoms with van der Waals surface area (Å²) in [6.45, 7) is 1.83. The number of carbonyl (C=O) groups is 2. The molecule has 0 fully saturated rings. The molecule has 0 radical (unpaired) electrons. The van der Waals surface area contributed by atoms with Gasteiger partial charge in [0.2, 0.25) is 5.91 Å². The van der Waals surface area contributed by atoms with E-state index < -0.39 is 35.2 Å². The second kappa shape index (κ2) is 7.38. The van der Waals surface area contributed by atoms with Crippen LogP contribution in [-0.2, 0) is 17.4 Å². The Labute approximate surface area is 142 Å². The van der Waals surface area contributed by atoms with Crippen LogP contribution in [0, 0.1) is 6.92 Å². The zero-order valence-electron chi connectivity index (χ0n) is 13.4. The fourth-order valence-electron chi connectivity index (χ4n) is 2.45. The van der Waals surface area contributed by atoms with Gasteiger partial charge in [0.15, 0.2) is 0 Å². The van der Waals surface area contributed by atoms with Crippen LogP contribution in [0.25, 0.3) is 0 Å². The maximum Gasteiger partial charge on any atom is 0.417 e. The van der Waals surface area contributed by atoms with Crippen molar-refractivity contribution in [3.63, 3.8) is 0 Å². The SMILES string of the molecule is Cc1ccccc1C[C@H](NC(=O)c1ccccc1C(F)(F)F)C(N)=O. The molecule has 0 aliphatic rings. The van der Waals surface area contributed by atoms with Gasteiger partial charge in [-0.1, -0.05) is 36.4 Å². The molecule has 0 bridgehead atoms. The second-order valence-corrected chi connectivity index (χ2v) is 5.60. The summed E-state index contributed by atoms with van der Waals surface area (Å²) in [6.07, 6.45) is -4.58. The average molecular weight is 350 g/mol. The quantitative estimate of drug-likeness (QED) is 0.870. The summed E-state index contributed by atoms with van der Waals surface area (Å²) in [4.78, 5) is 23.9. The van der Waals surface area contributed by atoms with Crippen molar-refractivity contribution in [1.82, 2.24) is 5.32 Å². The Hall–Kier alpha value is -2.83. The maximum absolute atomic E-state index is 13.0. The Morgan fingerprint density at radius 2 is 1.68 bits per heavy atom. The molecule has 0 saturated carbocycles. The molecule has 0 saturated heterocycles. The second-order valence-electron chi connectivity index (χ2n) is 5.60. The van der Waals surface area contributed by atoms with Crippen LogP contribution in [0.5, 0.6) is 0 Å². The number of nitrogens with two attached hydrogens (primary N) is 1. The number of hydrogen-bond donors (Lipinski definition) is 2. The Balaban J connectivity index is 2.25. The number of alkyl halides is 3. The number of aryl methyl sites for hydroxylation is 1. The van der Waals surface area contributed by atoms with E-state index in [1.54, 1.807) is 12.1 Å². The van der Waals surface area contributed by atoms with Crippen LogP contribution < -0.4 is 11.1 Å². The first-order valence-electron chi connectivity index (χ1n) is 7.51. The molecule has 0 aliphatic carbocycles. The molecule has 4 nitrogen and oxygen atoms in total. The van der Waals surface area contributed by atoms with Crippen molar-refractivity contribution >= 4 is 11.8 Å². The molecule has 0 aliphatic heterocycles. The molecule has 3 N–H and O–H groups in total. The molecule has 132 valence electrons. The number of carbonyl (C=O) groups excluding carboxylic acids is 2. The molecule has 7 heteroatoms. The van der Waals surface area contributed by atoms with Crippen molar-refractivity contribution in [2.75, 3.05) is 0 Å². The highest BCUT2D eigenvalue weighted by Crippen LogP contribution is 2.31. The third kappa shape index (κ3) is 4.59. The first-order chi connectivity index (χ1) is 11.7. The molecule has 1 atom stereocenters. The van der Waals surface area contributed by atoms with Gasteiger partial charge >= 0.3 is 6.18 Å².